The number of amides is 2. The first-order valence-corrected chi connectivity index (χ1v) is 7.47. The van der Waals surface area contributed by atoms with Gasteiger partial charge in [0.05, 0.1) is 12.5 Å². The van der Waals surface area contributed by atoms with Gasteiger partial charge in [-0.3, -0.25) is 4.79 Å². The number of urea groups is 1. The maximum Gasteiger partial charge on any atom is 0.320 e. The van der Waals surface area contributed by atoms with Crippen LogP contribution in [-0.2, 0) is 9.53 Å². The van der Waals surface area contributed by atoms with E-state index in [1.165, 1.54) is 0 Å². The van der Waals surface area contributed by atoms with Gasteiger partial charge < -0.3 is 19.6 Å². The topological polar surface area (TPSA) is 70.1 Å². The molecule has 2 saturated heterocycles. The van der Waals surface area contributed by atoms with Crippen molar-refractivity contribution in [2.45, 2.75) is 45.2 Å². The summed E-state index contributed by atoms with van der Waals surface area (Å²) in [6.45, 7) is 6.23. The first-order chi connectivity index (χ1) is 9.60. The summed E-state index contributed by atoms with van der Waals surface area (Å²) in [6.07, 6.45) is 2.36. The molecule has 6 heteroatoms. The number of likely N-dealkylation sites (N-methyl/N-ethyl adjacent to an activating group) is 1. The predicted octanol–water partition coefficient (Wildman–Crippen LogP) is 1.40. The van der Waals surface area contributed by atoms with Gasteiger partial charge in [-0.2, -0.15) is 0 Å². The standard InChI is InChI=1S/C14H24N2O4/c1-3-15(7-8-20-4-2)14(19)16-10-5-6-12(16)11(9-10)13(17)18/h10-12H,3-9H2,1-2H3,(H,17,18). The fraction of sp³-hybridized carbons (Fsp3) is 0.857. The highest BCUT2D eigenvalue weighted by Crippen LogP contribution is 2.42. The van der Waals surface area contributed by atoms with Gasteiger partial charge in [0.1, 0.15) is 0 Å². The molecule has 0 aromatic heterocycles. The van der Waals surface area contributed by atoms with Crippen molar-refractivity contribution in [3.05, 3.63) is 0 Å². The number of ether oxygens (including phenoxy) is 1. The molecule has 0 spiro atoms. The highest BCUT2D eigenvalue weighted by molar-refractivity contribution is 5.79. The molecule has 0 aromatic carbocycles. The number of fused-ring (bicyclic) bond motifs is 2. The van der Waals surface area contributed by atoms with Crippen molar-refractivity contribution in [1.29, 1.82) is 0 Å². The Bertz CT molecular complexity index is 374. The zero-order valence-corrected chi connectivity index (χ0v) is 12.2. The lowest BCUT2D eigenvalue weighted by molar-refractivity contribution is -0.142. The Hall–Kier alpha value is -1.30. The van der Waals surface area contributed by atoms with Crippen LogP contribution in [0.4, 0.5) is 4.79 Å². The molecule has 114 valence electrons. The molecule has 0 radical (unpaired) electrons. The Morgan fingerprint density at radius 3 is 2.65 bits per heavy atom. The van der Waals surface area contributed by atoms with Gasteiger partial charge >= 0.3 is 12.0 Å². The van der Waals surface area contributed by atoms with E-state index >= 15 is 0 Å². The van der Waals surface area contributed by atoms with Crippen LogP contribution in [0.5, 0.6) is 0 Å². The highest BCUT2D eigenvalue weighted by Gasteiger charge is 2.52. The zero-order valence-electron chi connectivity index (χ0n) is 12.2. The lowest BCUT2D eigenvalue weighted by Crippen LogP contribution is -2.47. The van der Waals surface area contributed by atoms with Crippen LogP contribution in [0, 0.1) is 5.92 Å². The van der Waals surface area contributed by atoms with Crippen molar-refractivity contribution < 1.29 is 19.4 Å². The Kier molecular flexibility index (Phi) is 4.86. The summed E-state index contributed by atoms with van der Waals surface area (Å²) in [7, 11) is 0. The van der Waals surface area contributed by atoms with Crippen LogP contribution in [0.2, 0.25) is 0 Å². The highest BCUT2D eigenvalue weighted by atomic mass is 16.5. The number of carboxylic acids is 1. The molecule has 2 rings (SSSR count). The SMILES string of the molecule is CCOCCN(CC)C(=O)N1C2CCC1C(C(=O)O)C2. The van der Waals surface area contributed by atoms with E-state index in [4.69, 9.17) is 4.74 Å². The van der Waals surface area contributed by atoms with E-state index in [0.29, 0.717) is 32.7 Å². The average molecular weight is 284 g/mol. The van der Waals surface area contributed by atoms with E-state index in [2.05, 4.69) is 0 Å². The number of rotatable bonds is 6. The molecule has 0 aliphatic carbocycles. The number of nitrogens with zero attached hydrogens (tertiary/aromatic N) is 2. The lowest BCUT2D eigenvalue weighted by Gasteiger charge is -2.30. The lowest BCUT2D eigenvalue weighted by atomic mass is 9.89. The summed E-state index contributed by atoms with van der Waals surface area (Å²) in [5, 5.41) is 9.23. The van der Waals surface area contributed by atoms with Gasteiger partial charge in [0.15, 0.2) is 0 Å². The number of carbonyl (C=O) groups excluding carboxylic acids is 1. The van der Waals surface area contributed by atoms with Crippen molar-refractivity contribution >= 4 is 12.0 Å². The van der Waals surface area contributed by atoms with E-state index in [1.807, 2.05) is 18.7 Å². The van der Waals surface area contributed by atoms with Crippen molar-refractivity contribution in [1.82, 2.24) is 9.80 Å². The van der Waals surface area contributed by atoms with Crippen molar-refractivity contribution in [2.75, 3.05) is 26.3 Å². The summed E-state index contributed by atoms with van der Waals surface area (Å²) in [6, 6.07) is -0.0376. The van der Waals surface area contributed by atoms with E-state index < -0.39 is 5.97 Å². The maximum atomic E-state index is 12.6. The van der Waals surface area contributed by atoms with Gasteiger partial charge in [0.25, 0.3) is 0 Å². The minimum Gasteiger partial charge on any atom is -0.481 e. The number of carboxylic acid groups (broad SMARTS) is 1. The van der Waals surface area contributed by atoms with Crippen LogP contribution in [0.25, 0.3) is 0 Å². The van der Waals surface area contributed by atoms with E-state index in [1.54, 1.807) is 4.90 Å². The zero-order chi connectivity index (χ0) is 14.7. The second kappa shape index (κ2) is 6.43. The van der Waals surface area contributed by atoms with Crippen LogP contribution in [-0.4, -0.2) is 65.3 Å². The molecule has 2 aliphatic heterocycles. The fourth-order valence-electron chi connectivity index (χ4n) is 3.42. The third-order valence-electron chi connectivity index (χ3n) is 4.44. The molecular formula is C14H24N2O4. The molecule has 3 unspecified atom stereocenters. The van der Waals surface area contributed by atoms with Crippen LogP contribution < -0.4 is 0 Å². The summed E-state index contributed by atoms with van der Waals surface area (Å²) in [5.41, 5.74) is 0. The maximum absolute atomic E-state index is 12.6. The van der Waals surface area contributed by atoms with Gasteiger partial charge in [-0.15, -0.1) is 0 Å². The van der Waals surface area contributed by atoms with E-state index in [9.17, 15) is 14.7 Å². The Labute approximate surface area is 119 Å². The molecule has 2 bridgehead atoms. The molecule has 1 N–H and O–H groups in total. The quantitative estimate of drug-likeness (QED) is 0.749. The molecule has 2 aliphatic rings. The van der Waals surface area contributed by atoms with Gasteiger partial charge in [-0.05, 0) is 33.1 Å². The van der Waals surface area contributed by atoms with Crippen LogP contribution in [0.1, 0.15) is 33.1 Å². The monoisotopic (exact) mass is 284 g/mol. The number of aliphatic carboxylic acids is 1. The molecule has 0 aromatic rings. The average Bonchev–Trinajstić information content (AvgIpc) is 3.00. The van der Waals surface area contributed by atoms with Crippen molar-refractivity contribution in [3.8, 4) is 0 Å². The van der Waals surface area contributed by atoms with Gasteiger partial charge in [-0.25, -0.2) is 4.79 Å². The predicted molar refractivity (Wildman–Crippen MR) is 73.5 cm³/mol. The summed E-state index contributed by atoms with van der Waals surface area (Å²) < 4.78 is 5.30. The van der Waals surface area contributed by atoms with Crippen molar-refractivity contribution in [2.24, 2.45) is 5.92 Å². The van der Waals surface area contributed by atoms with E-state index in [-0.39, 0.29) is 24.0 Å². The Balaban J connectivity index is 1.99. The van der Waals surface area contributed by atoms with Crippen LogP contribution in [0.15, 0.2) is 0 Å². The number of hydrogen-bond acceptors (Lipinski definition) is 3. The van der Waals surface area contributed by atoms with Gasteiger partial charge in [0.2, 0.25) is 0 Å². The summed E-state index contributed by atoms with van der Waals surface area (Å²) in [5.74, 6) is -1.16. The number of carbonyl (C=O) groups is 2. The second-order valence-corrected chi connectivity index (χ2v) is 5.45. The smallest absolute Gasteiger partial charge is 0.320 e. The van der Waals surface area contributed by atoms with Crippen molar-refractivity contribution in [3.63, 3.8) is 0 Å². The third kappa shape index (κ3) is 2.75. The molecule has 2 amide bonds. The molecular weight excluding hydrogens is 260 g/mol. The third-order valence-corrected chi connectivity index (χ3v) is 4.44. The van der Waals surface area contributed by atoms with Gasteiger partial charge in [-0.1, -0.05) is 0 Å². The fourth-order valence-corrected chi connectivity index (χ4v) is 3.42. The number of hydrogen-bond donors (Lipinski definition) is 1. The molecule has 3 atom stereocenters. The van der Waals surface area contributed by atoms with E-state index in [0.717, 1.165) is 12.8 Å². The molecule has 2 heterocycles. The Morgan fingerprint density at radius 1 is 1.35 bits per heavy atom. The van der Waals surface area contributed by atoms with Crippen LogP contribution >= 0.6 is 0 Å². The first kappa shape index (κ1) is 15.1. The van der Waals surface area contributed by atoms with Crippen LogP contribution in [0.3, 0.4) is 0 Å². The molecule has 0 saturated carbocycles. The molecule has 2 fully saturated rings. The minimum absolute atomic E-state index is 0.0246. The minimum atomic E-state index is -0.771. The molecule has 20 heavy (non-hydrogen) atoms. The summed E-state index contributed by atoms with van der Waals surface area (Å²) in [4.78, 5) is 27.4. The molecule has 6 nitrogen and oxygen atoms in total. The van der Waals surface area contributed by atoms with Gasteiger partial charge in [0, 0.05) is 31.8 Å². The second-order valence-electron chi connectivity index (χ2n) is 5.45. The largest absolute Gasteiger partial charge is 0.481 e. The normalized spacial score (nSPS) is 27.9. The Morgan fingerprint density at radius 2 is 2.10 bits per heavy atom. The summed E-state index contributed by atoms with van der Waals surface area (Å²) >= 11 is 0. The first-order valence-electron chi connectivity index (χ1n) is 7.47.